The van der Waals surface area contributed by atoms with Gasteiger partial charge in [0.15, 0.2) is 0 Å². The fourth-order valence-corrected chi connectivity index (χ4v) is 9.83. The molecule has 3 aromatic carbocycles. The first kappa shape index (κ1) is 14.5. The molecule has 1 heterocycles. The van der Waals surface area contributed by atoms with Crippen LogP contribution in [0.1, 0.15) is 17.5 Å². The minimum atomic E-state index is -1.90. The molecule has 1 aliphatic heterocycles. The van der Waals surface area contributed by atoms with Crippen molar-refractivity contribution in [2.24, 2.45) is 0 Å². The summed E-state index contributed by atoms with van der Waals surface area (Å²) >= 11 is 0. The molecule has 114 valence electrons. The fraction of sp³-hybridized carbons (Fsp3) is 0.182. The maximum atomic E-state index is 2.40. The Labute approximate surface area is 139 Å². The molecule has 0 radical (unpaired) electrons. The van der Waals surface area contributed by atoms with Crippen LogP contribution in [0, 0.1) is 6.92 Å². The van der Waals surface area contributed by atoms with E-state index in [9.17, 15) is 0 Å². The van der Waals surface area contributed by atoms with Gasteiger partial charge in [0, 0.05) is 0 Å². The van der Waals surface area contributed by atoms with Crippen LogP contribution < -0.4 is 15.6 Å². The number of hydrogen-bond acceptors (Lipinski definition) is 0. The molecule has 23 heavy (non-hydrogen) atoms. The summed E-state index contributed by atoms with van der Waals surface area (Å²) in [5.41, 5.74) is 3.01. The Bertz CT molecular complexity index is 822. The molecule has 0 bridgehead atoms. The number of hydrogen-bond donors (Lipinski definition) is 0. The molecule has 0 fully saturated rings. The van der Waals surface area contributed by atoms with Gasteiger partial charge >= 0.3 is 0 Å². The predicted molar refractivity (Wildman–Crippen MR) is 102 cm³/mol. The number of fused-ring (bicyclic) bond motifs is 1. The summed E-state index contributed by atoms with van der Waals surface area (Å²) in [6.07, 6.45) is 2.52. The standard InChI is InChI=1S/C22H22Si/c1-18-10-5-7-15-21(18)23(20-13-3-2-4-14-20)17-9-12-19-11-6-8-16-22(19)23/h2-8,10-11,13-16H,9,12,17H2,1H3. The van der Waals surface area contributed by atoms with E-state index in [1.807, 2.05) is 0 Å². The maximum absolute atomic E-state index is 2.40. The van der Waals surface area contributed by atoms with E-state index in [2.05, 4.69) is 85.8 Å². The van der Waals surface area contributed by atoms with Crippen LogP contribution >= 0.6 is 0 Å². The Morgan fingerprint density at radius 1 is 0.696 bits per heavy atom. The number of rotatable bonds is 2. The van der Waals surface area contributed by atoms with Crippen LogP contribution in [0.4, 0.5) is 0 Å². The summed E-state index contributed by atoms with van der Waals surface area (Å²) in [5.74, 6) is 0. The molecule has 0 saturated carbocycles. The lowest BCUT2D eigenvalue weighted by atomic mass is 10.1. The molecule has 3 aromatic rings. The summed E-state index contributed by atoms with van der Waals surface area (Å²) in [6.45, 7) is 2.28. The highest BCUT2D eigenvalue weighted by molar-refractivity contribution is 7.12. The monoisotopic (exact) mass is 314 g/mol. The van der Waals surface area contributed by atoms with Gasteiger partial charge in [-0.3, -0.25) is 0 Å². The van der Waals surface area contributed by atoms with Crippen molar-refractivity contribution in [3.05, 3.63) is 90.0 Å². The Hall–Kier alpha value is -2.12. The normalized spacial score (nSPS) is 20.0. The Morgan fingerprint density at radius 2 is 1.35 bits per heavy atom. The van der Waals surface area contributed by atoms with Crippen molar-refractivity contribution in [1.82, 2.24) is 0 Å². The highest BCUT2D eigenvalue weighted by Crippen LogP contribution is 2.24. The molecule has 0 aliphatic carbocycles. The van der Waals surface area contributed by atoms with E-state index >= 15 is 0 Å². The molecule has 0 N–H and O–H groups in total. The van der Waals surface area contributed by atoms with Crippen molar-refractivity contribution in [2.75, 3.05) is 0 Å². The highest BCUT2D eigenvalue weighted by Gasteiger charge is 2.42. The first-order valence-electron chi connectivity index (χ1n) is 8.52. The van der Waals surface area contributed by atoms with Gasteiger partial charge in [-0.2, -0.15) is 0 Å². The molecule has 1 aliphatic rings. The quantitative estimate of drug-likeness (QED) is 0.636. The lowest BCUT2D eigenvalue weighted by Crippen LogP contribution is -2.69. The molecule has 0 aromatic heterocycles. The zero-order valence-corrected chi connectivity index (χ0v) is 14.6. The number of aryl methyl sites for hydroxylation is 2. The highest BCUT2D eigenvalue weighted by atomic mass is 28.3. The van der Waals surface area contributed by atoms with E-state index in [1.54, 1.807) is 21.1 Å². The van der Waals surface area contributed by atoms with Crippen molar-refractivity contribution in [3.8, 4) is 0 Å². The van der Waals surface area contributed by atoms with Crippen LogP contribution in [-0.4, -0.2) is 8.07 Å². The van der Waals surface area contributed by atoms with Crippen molar-refractivity contribution in [1.29, 1.82) is 0 Å². The second kappa shape index (κ2) is 5.82. The van der Waals surface area contributed by atoms with E-state index in [4.69, 9.17) is 0 Å². The van der Waals surface area contributed by atoms with E-state index in [1.165, 1.54) is 24.4 Å². The zero-order chi connectivity index (χ0) is 15.7. The van der Waals surface area contributed by atoms with Gasteiger partial charge in [-0.05, 0) is 40.5 Å². The van der Waals surface area contributed by atoms with Crippen LogP contribution in [-0.2, 0) is 6.42 Å². The van der Waals surface area contributed by atoms with E-state index in [0.29, 0.717) is 0 Å². The third-order valence-corrected chi connectivity index (χ3v) is 10.7. The molecular weight excluding hydrogens is 292 g/mol. The van der Waals surface area contributed by atoms with E-state index in [0.717, 1.165) is 0 Å². The van der Waals surface area contributed by atoms with Crippen LogP contribution in [0.15, 0.2) is 78.9 Å². The average Bonchev–Trinajstić information content (AvgIpc) is 2.62. The Balaban J connectivity index is 2.07. The minimum absolute atomic E-state index is 1.23. The Kier molecular flexibility index (Phi) is 3.66. The summed E-state index contributed by atoms with van der Waals surface area (Å²) in [7, 11) is -1.90. The van der Waals surface area contributed by atoms with E-state index in [-0.39, 0.29) is 0 Å². The minimum Gasteiger partial charge on any atom is -0.0624 e. The third kappa shape index (κ3) is 2.27. The van der Waals surface area contributed by atoms with Gasteiger partial charge in [0.2, 0.25) is 0 Å². The molecular formula is C22H22Si. The molecule has 0 amide bonds. The Morgan fingerprint density at radius 3 is 2.13 bits per heavy atom. The van der Waals surface area contributed by atoms with Gasteiger partial charge < -0.3 is 0 Å². The van der Waals surface area contributed by atoms with E-state index < -0.39 is 8.07 Å². The average molecular weight is 315 g/mol. The molecule has 1 atom stereocenters. The van der Waals surface area contributed by atoms with Crippen molar-refractivity contribution in [2.45, 2.75) is 25.8 Å². The first-order valence-corrected chi connectivity index (χ1v) is 10.7. The molecule has 0 spiro atoms. The summed E-state index contributed by atoms with van der Waals surface area (Å²) in [6, 6.07) is 30.8. The number of benzene rings is 3. The second-order valence-corrected chi connectivity index (χ2v) is 10.6. The van der Waals surface area contributed by atoms with Crippen LogP contribution in [0.2, 0.25) is 6.04 Å². The third-order valence-electron chi connectivity index (χ3n) is 5.35. The van der Waals surface area contributed by atoms with Crippen molar-refractivity contribution in [3.63, 3.8) is 0 Å². The molecule has 4 rings (SSSR count). The lowest BCUT2D eigenvalue weighted by Gasteiger charge is -2.39. The largest absolute Gasteiger partial charge is 0.149 e. The first-order chi connectivity index (χ1) is 11.3. The van der Waals surface area contributed by atoms with Gasteiger partial charge in [-0.25, -0.2) is 0 Å². The SMILES string of the molecule is Cc1ccccc1[Si]1(c2ccccc2)CCCc2ccccc21. The second-order valence-electron chi connectivity index (χ2n) is 6.60. The molecule has 1 unspecified atom stereocenters. The van der Waals surface area contributed by atoms with Crippen molar-refractivity contribution < 1.29 is 0 Å². The van der Waals surface area contributed by atoms with Crippen molar-refractivity contribution >= 4 is 23.6 Å². The lowest BCUT2D eigenvalue weighted by molar-refractivity contribution is 0.895. The fourth-order valence-electron chi connectivity index (χ4n) is 4.34. The van der Waals surface area contributed by atoms with Gasteiger partial charge in [-0.15, -0.1) is 0 Å². The molecule has 0 saturated heterocycles. The zero-order valence-electron chi connectivity index (χ0n) is 13.6. The van der Waals surface area contributed by atoms with Gasteiger partial charge in [0.1, 0.15) is 8.07 Å². The van der Waals surface area contributed by atoms with Gasteiger partial charge in [0.25, 0.3) is 0 Å². The van der Waals surface area contributed by atoms with Gasteiger partial charge in [-0.1, -0.05) is 90.8 Å². The van der Waals surface area contributed by atoms with Crippen LogP contribution in [0.3, 0.4) is 0 Å². The molecule has 1 heteroatoms. The summed E-state index contributed by atoms with van der Waals surface area (Å²) in [4.78, 5) is 0. The molecule has 0 nitrogen and oxygen atoms in total. The van der Waals surface area contributed by atoms with Gasteiger partial charge in [0.05, 0.1) is 0 Å². The topological polar surface area (TPSA) is 0 Å². The smallest absolute Gasteiger partial charge is 0.0624 e. The maximum Gasteiger partial charge on any atom is 0.149 e. The summed E-state index contributed by atoms with van der Waals surface area (Å²) in [5, 5.41) is 4.78. The summed E-state index contributed by atoms with van der Waals surface area (Å²) < 4.78 is 0. The predicted octanol–water partition coefficient (Wildman–Crippen LogP) is 3.41. The van der Waals surface area contributed by atoms with Crippen LogP contribution in [0.25, 0.3) is 0 Å². The van der Waals surface area contributed by atoms with Crippen LogP contribution in [0.5, 0.6) is 0 Å².